The quantitative estimate of drug-likeness (QED) is 0.0206. The highest BCUT2D eigenvalue weighted by Gasteiger charge is 2.80. The molecule has 38 nitrogen and oxygen atoms in total. The van der Waals surface area contributed by atoms with Gasteiger partial charge in [-0.05, 0) is 137 Å². The van der Waals surface area contributed by atoms with E-state index in [0.29, 0.717) is 103 Å². The van der Waals surface area contributed by atoms with E-state index in [1.807, 2.05) is 55.5 Å². The summed E-state index contributed by atoms with van der Waals surface area (Å²) in [6.45, 7) is 12.6. The van der Waals surface area contributed by atoms with Gasteiger partial charge in [0.2, 0.25) is 41.4 Å². The van der Waals surface area contributed by atoms with Crippen LogP contribution in [0.3, 0.4) is 0 Å². The van der Waals surface area contributed by atoms with Crippen molar-refractivity contribution in [1.82, 2.24) is 52.2 Å². The van der Waals surface area contributed by atoms with Crippen molar-refractivity contribution >= 4 is 72.2 Å². The van der Waals surface area contributed by atoms with Crippen molar-refractivity contribution in [2.75, 3.05) is 163 Å². The number of alkyl halides is 2. The molecule has 135 heavy (non-hydrogen) atoms. The molecule has 3 heterocycles. The number of hydrogen-bond donors (Lipinski definition) is 11. The highest BCUT2D eigenvalue weighted by Crippen LogP contribution is 2.72. The number of carbonyl (C=O) groups excluding carboxylic acids is 10. The Morgan fingerprint density at radius 2 is 1.28 bits per heavy atom. The van der Waals surface area contributed by atoms with Crippen LogP contribution >= 0.6 is 7.60 Å². The predicted molar refractivity (Wildman–Crippen MR) is 486 cm³/mol. The Hall–Kier alpha value is -8.99. The summed E-state index contributed by atoms with van der Waals surface area (Å²) >= 11 is 0. The number of rotatable bonds is 60. The number of ether oxygens (including phenoxy) is 12. The predicted octanol–water partition coefficient (Wildman–Crippen LogP) is 4.75. The van der Waals surface area contributed by atoms with Crippen molar-refractivity contribution in [2.45, 2.75) is 223 Å². The highest BCUT2D eigenvalue weighted by molar-refractivity contribution is 7.51. The fraction of sp³-hybridized carbons (Fsp3) is 0.681. The number of primary amides is 1. The van der Waals surface area contributed by atoms with E-state index in [2.05, 4.69) is 59.4 Å². The maximum atomic E-state index is 18.3. The van der Waals surface area contributed by atoms with E-state index in [9.17, 15) is 52.8 Å². The van der Waals surface area contributed by atoms with E-state index >= 15 is 13.6 Å². The molecule has 14 atom stereocenters. The molecule has 4 fully saturated rings. The number of halogens is 2. The first kappa shape index (κ1) is 108. The van der Waals surface area contributed by atoms with Crippen molar-refractivity contribution in [3.63, 3.8) is 0 Å². The van der Waals surface area contributed by atoms with Crippen molar-refractivity contribution in [2.24, 2.45) is 34.3 Å². The molecule has 5 aliphatic carbocycles. The van der Waals surface area contributed by atoms with E-state index < -0.39 is 156 Å². The number of aliphatic hydroxyl groups is 1. The van der Waals surface area contributed by atoms with Crippen molar-refractivity contribution in [3.8, 4) is 11.8 Å². The standard InChI is InChI=1S/C94H137F2N12O26P/c1-6-17-84-133-79-58-68-69-57-71(95)70-56-67(109)30-32-91(70,4)93(69,96)77(110)59-92(68,5)94(79,134-84)78(111)60-101-87(116)72(22-16-34-100-90(97)119)103-89(118)85(63(2)3)104-88(117)73(21-14-15-33-98-82(114)62-132-76-25-9-7-8-24-75-86(76)105-106-108(75)36-39-125-42-45-128-48-49-129-50-51-130-52-53-131-54-55-135(120,121)122)102-81(113)31-37-123-40-43-126-46-47-127-44-41-124-38-35-99-80(112)28-29-83(115)107-61-66-20-11-10-18-64(66)26-27-65-19-12-13-23-74(65)107/h10-13,18-20,23,30,32,56,63,68-69,71-73,76-77,79,84-85,110H,6-9,14-17,21-22,24-25,28-29,31,33-55,57-62H2,1-5H3,(H,98,114)(H,99,112)(H,101,116)(H,102,113)(H,103,118)(H,104,117)(H3,97,100,119)(H2,120,121,122)/t68-,69-,71-,72-,73+,76?,77-,79+,84?,85-,91-,92-,93-,94+/m0/s1. The summed E-state index contributed by atoms with van der Waals surface area (Å²) in [5, 5.41) is 40.3. The lowest BCUT2D eigenvalue weighted by molar-refractivity contribution is -0.234. The van der Waals surface area contributed by atoms with Crippen LogP contribution in [-0.4, -0.2) is 301 Å². The van der Waals surface area contributed by atoms with Crippen LogP contribution in [0.1, 0.15) is 178 Å². The van der Waals surface area contributed by atoms with Crippen LogP contribution < -0.4 is 47.9 Å². The molecule has 0 bridgehead atoms. The van der Waals surface area contributed by atoms with E-state index in [0.717, 1.165) is 47.7 Å². The third kappa shape index (κ3) is 30.5. The molecular weight excluding hydrogens is 1780 g/mol. The normalized spacial score (nSPS) is 23.8. The van der Waals surface area contributed by atoms with Gasteiger partial charge in [0.05, 0.1) is 168 Å². The number of aromatic nitrogens is 3. The molecule has 12 N–H and O–H groups in total. The van der Waals surface area contributed by atoms with Gasteiger partial charge in [-0.2, -0.15) is 0 Å². The second-order valence-electron chi connectivity index (χ2n) is 35.6. The summed E-state index contributed by atoms with van der Waals surface area (Å²) < 4.78 is 117. The van der Waals surface area contributed by atoms with Gasteiger partial charge in [0.25, 0.3) is 0 Å². The van der Waals surface area contributed by atoms with E-state index in [1.165, 1.54) is 19.1 Å². The lowest BCUT2D eigenvalue weighted by Crippen LogP contribution is -2.71. The molecular formula is C94H137F2N12O26P. The largest absolute Gasteiger partial charge is 0.390 e. The van der Waals surface area contributed by atoms with Gasteiger partial charge in [0.1, 0.15) is 42.7 Å². The lowest BCUT2D eigenvalue weighted by atomic mass is 9.44. The van der Waals surface area contributed by atoms with Crippen LogP contribution in [0.2, 0.25) is 0 Å². The van der Waals surface area contributed by atoms with Crippen LogP contribution in [0.5, 0.6) is 0 Å². The number of para-hydroxylation sites is 1. The number of urea groups is 1. The smallest absolute Gasteiger partial charge is 0.327 e. The second kappa shape index (κ2) is 53.8. The Morgan fingerprint density at radius 3 is 1.96 bits per heavy atom. The molecule has 3 saturated carbocycles. The Bertz CT molecular complexity index is 4610. The first-order valence-electron chi connectivity index (χ1n) is 47.3. The number of hydrogen-bond acceptors (Lipinski definition) is 26. The Balaban J connectivity index is 0.684. The number of nitrogens with zero attached hydrogens (tertiary/aromatic N) is 4. The van der Waals surface area contributed by atoms with E-state index in [1.54, 1.807) is 30.4 Å². The number of nitrogens with two attached hydrogens (primary N) is 1. The van der Waals surface area contributed by atoms with Gasteiger partial charge in [0.15, 0.2) is 29.1 Å². The third-order valence-corrected chi connectivity index (χ3v) is 26.6. The summed E-state index contributed by atoms with van der Waals surface area (Å²) in [6.07, 6.45) is 1.89. The number of nitrogens with one attached hydrogen (secondary N) is 7. The zero-order valence-electron chi connectivity index (χ0n) is 78.1. The van der Waals surface area contributed by atoms with Crippen LogP contribution in [0.25, 0.3) is 0 Å². The van der Waals surface area contributed by atoms with E-state index in [4.69, 9.17) is 72.4 Å². The number of Topliss-reactive ketones (excluding diaryl/α,β-unsaturated/α-hetero) is 1. The molecule has 1 saturated heterocycles. The Kier molecular flexibility index (Phi) is 43.1. The summed E-state index contributed by atoms with van der Waals surface area (Å²) in [6, 6.07) is 10.2. The average molecular weight is 1920 g/mol. The van der Waals surface area contributed by atoms with Gasteiger partial charge in [0, 0.05) is 66.8 Å². The van der Waals surface area contributed by atoms with Gasteiger partial charge < -0.3 is 120 Å². The van der Waals surface area contributed by atoms with Crippen molar-refractivity contribution < 1.29 is 133 Å². The molecule has 7 aliphatic rings. The number of aliphatic hydroxyl groups excluding tert-OH is 1. The number of amides is 9. The fourth-order valence-corrected chi connectivity index (χ4v) is 19.3. The second-order valence-corrected chi connectivity index (χ2v) is 37.3. The fourth-order valence-electron chi connectivity index (χ4n) is 18.9. The molecule has 2 aliphatic heterocycles. The number of ketones is 2. The summed E-state index contributed by atoms with van der Waals surface area (Å²) in [5.74, 6) is -1.32. The molecule has 1 aromatic heterocycles. The molecule has 10 rings (SSSR count). The highest BCUT2D eigenvalue weighted by atomic mass is 31.2. The van der Waals surface area contributed by atoms with E-state index in [-0.39, 0.29) is 180 Å². The number of carbonyl (C=O) groups is 10. The Morgan fingerprint density at radius 1 is 0.667 bits per heavy atom. The number of unbranched alkanes of at least 4 members (excludes halogenated alkanes) is 1. The zero-order chi connectivity index (χ0) is 97.0. The summed E-state index contributed by atoms with van der Waals surface area (Å²) in [5.41, 5.74) is 2.58. The summed E-state index contributed by atoms with van der Waals surface area (Å²) in [4.78, 5) is 157. The SMILES string of the molecule is CCCC1O[C@@H]2C[C@H]3[C@@H]4C[C@H](F)C5=CC(=O)C=C[C@]5(C)[C@@]4(F)[C@@H](O)C[C@]3(C)[C@]2(C(=O)CNC(=O)[C@H](CCCNC(N)=O)NC(=O)[C@@H](NC(=O)[C@@H](CCCCNC(=O)COC2CCCCCc3c2nnn3CCOCCOCCOCCOCCOCCP(=O)(O)O)NC(=O)CCOCCOCCOCCOCCNC(=O)CCC(=O)N2Cc3ccccc3C#Cc3ccccc32)C(C)C)O1. The van der Waals surface area contributed by atoms with Crippen LogP contribution in [-0.2, 0) is 124 Å². The molecule has 41 heteroatoms. The average Bonchev–Trinajstić information content (AvgIpc) is 1.52. The minimum atomic E-state index is -4.09. The maximum Gasteiger partial charge on any atom is 0.327 e. The van der Waals surface area contributed by atoms with Gasteiger partial charge >= 0.3 is 13.6 Å². The third-order valence-electron chi connectivity index (χ3n) is 25.9. The number of allylic oxidation sites excluding steroid dienone is 4. The maximum absolute atomic E-state index is 18.3. The zero-order valence-corrected chi connectivity index (χ0v) is 79.0. The lowest BCUT2D eigenvalue weighted by Gasteiger charge is -2.63. The monoisotopic (exact) mass is 1920 g/mol. The number of anilines is 1. The molecule has 9 amide bonds. The molecule has 3 aromatic rings. The van der Waals surface area contributed by atoms with Crippen LogP contribution in [0, 0.1) is 40.4 Å². The van der Waals surface area contributed by atoms with Gasteiger partial charge in [-0.15, -0.1) is 5.10 Å². The molecule has 2 aromatic carbocycles. The molecule has 2 unspecified atom stereocenters. The minimum absolute atomic E-state index is 0.00246. The first-order valence-corrected chi connectivity index (χ1v) is 49.1. The van der Waals surface area contributed by atoms with Gasteiger partial charge in [-0.3, -0.25) is 47.7 Å². The molecule has 0 radical (unpaired) electrons. The summed E-state index contributed by atoms with van der Waals surface area (Å²) in [7, 11) is -4.09. The van der Waals surface area contributed by atoms with Gasteiger partial charge in [-0.1, -0.05) is 100 Å². The van der Waals surface area contributed by atoms with Crippen molar-refractivity contribution in [3.05, 3.63) is 100 Å². The number of benzene rings is 2. The topological polar surface area (TPSA) is 503 Å². The molecule has 0 spiro atoms. The van der Waals surface area contributed by atoms with Crippen molar-refractivity contribution in [1.29, 1.82) is 0 Å². The Labute approximate surface area is 786 Å². The minimum Gasteiger partial charge on any atom is -0.390 e. The van der Waals surface area contributed by atoms with Gasteiger partial charge in [-0.25, -0.2) is 18.3 Å². The molecule has 748 valence electrons. The van der Waals surface area contributed by atoms with Crippen LogP contribution in [0.15, 0.2) is 72.3 Å². The number of fused-ring (bicyclic) bond motifs is 10. The first-order chi connectivity index (χ1) is 64.9. The van der Waals surface area contributed by atoms with Crippen LogP contribution in [0.4, 0.5) is 19.3 Å².